The number of anilines is 1. The van der Waals surface area contributed by atoms with Crippen molar-refractivity contribution >= 4 is 28.5 Å². The highest BCUT2D eigenvalue weighted by Crippen LogP contribution is 2.39. The first-order valence-electron chi connectivity index (χ1n) is 15.6. The number of amides is 1. The SMILES string of the molecule is COc1cc(C(=O)N2C[C@H]3CC[C@@H]2[C@@H]3N)cc2nc(-c3cc4ccc([C@@H](C)Nc5ncccn5)nc4n3CC3CC3)c(C)n12. The third-order valence-electron chi connectivity index (χ3n) is 9.79. The molecule has 2 bridgehead atoms. The quantitative estimate of drug-likeness (QED) is 0.268. The molecule has 0 radical (unpaired) electrons. The second-order valence-electron chi connectivity index (χ2n) is 12.6. The monoisotopic (exact) mass is 591 g/mol. The number of hydrogen-bond acceptors (Lipinski definition) is 8. The van der Waals surface area contributed by atoms with Gasteiger partial charge in [0, 0.05) is 54.6 Å². The molecule has 3 N–H and O–H groups in total. The lowest BCUT2D eigenvalue weighted by molar-refractivity contribution is 0.0700. The predicted molar refractivity (Wildman–Crippen MR) is 168 cm³/mol. The number of aromatic nitrogens is 6. The Morgan fingerprint density at radius 2 is 1.93 bits per heavy atom. The molecule has 4 atom stereocenters. The van der Waals surface area contributed by atoms with Crippen molar-refractivity contribution < 1.29 is 9.53 Å². The number of methoxy groups -OCH3 is 1. The standard InChI is InChI=1S/C33H37N9O2/c1-18(37-33-35-11-4-12-36-33)24-9-7-21-13-26(40(31(21)38-24)16-20-5-6-20)30-19(2)42-27(39-30)14-23(15-28(42)44-3)32(43)41-17-22-8-10-25(41)29(22)34/h4,7,9,11-15,18,20,22,25,29H,5-6,8,10,16-17,34H2,1-3H3,(H,35,36,37)/t18-,22-,25-,29-/m1/s1. The molecule has 2 aliphatic carbocycles. The number of carbonyl (C=O) groups is 1. The van der Waals surface area contributed by atoms with E-state index in [2.05, 4.69) is 51.9 Å². The summed E-state index contributed by atoms with van der Waals surface area (Å²) in [6, 6.07) is 12.0. The molecule has 5 aromatic heterocycles. The van der Waals surface area contributed by atoms with E-state index in [0.29, 0.717) is 34.9 Å². The topological polar surface area (TPSA) is 128 Å². The van der Waals surface area contributed by atoms with Crippen LogP contribution in [0.4, 0.5) is 5.95 Å². The van der Waals surface area contributed by atoms with Gasteiger partial charge in [-0.15, -0.1) is 0 Å². The Morgan fingerprint density at radius 1 is 1.11 bits per heavy atom. The van der Waals surface area contributed by atoms with Crippen molar-refractivity contribution in [3.05, 3.63) is 65.7 Å². The molecule has 1 amide bonds. The number of carbonyl (C=O) groups excluding carboxylic acids is 1. The number of nitrogens with one attached hydrogen (secondary N) is 1. The summed E-state index contributed by atoms with van der Waals surface area (Å²) in [7, 11) is 1.64. The second kappa shape index (κ2) is 10.3. The first kappa shape index (κ1) is 27.1. The number of piperidine rings is 1. The number of likely N-dealkylation sites (tertiary alicyclic amines) is 1. The molecule has 3 aliphatic rings. The molecule has 11 heteroatoms. The lowest BCUT2D eigenvalue weighted by Crippen LogP contribution is -2.41. The smallest absolute Gasteiger partial charge is 0.254 e. The number of nitrogens with zero attached hydrogens (tertiary/aromatic N) is 7. The Kier molecular flexibility index (Phi) is 6.33. The Morgan fingerprint density at radius 3 is 2.64 bits per heavy atom. The summed E-state index contributed by atoms with van der Waals surface area (Å²) >= 11 is 0. The molecule has 2 saturated carbocycles. The van der Waals surface area contributed by atoms with Crippen molar-refractivity contribution in [1.82, 2.24) is 33.8 Å². The van der Waals surface area contributed by atoms with Crippen LogP contribution in [-0.2, 0) is 6.54 Å². The summed E-state index contributed by atoms with van der Waals surface area (Å²) < 4.78 is 10.2. The molecule has 6 heterocycles. The van der Waals surface area contributed by atoms with Crippen LogP contribution in [0.5, 0.6) is 5.88 Å². The summed E-state index contributed by atoms with van der Waals surface area (Å²) in [6.07, 6.45) is 7.95. The molecule has 0 unspecified atom stereocenters. The van der Waals surface area contributed by atoms with Crippen molar-refractivity contribution in [2.45, 2.75) is 64.2 Å². The molecule has 8 rings (SSSR count). The first-order valence-corrected chi connectivity index (χ1v) is 15.6. The fourth-order valence-electron chi connectivity index (χ4n) is 7.20. The van der Waals surface area contributed by atoms with Gasteiger partial charge in [0.25, 0.3) is 5.91 Å². The van der Waals surface area contributed by atoms with Crippen LogP contribution >= 0.6 is 0 Å². The molecule has 3 fully saturated rings. The van der Waals surface area contributed by atoms with Crippen molar-refractivity contribution in [1.29, 1.82) is 0 Å². The van der Waals surface area contributed by atoms with Crippen LogP contribution in [0, 0.1) is 18.8 Å². The fourth-order valence-corrected chi connectivity index (χ4v) is 7.20. The van der Waals surface area contributed by atoms with Gasteiger partial charge in [0.15, 0.2) is 5.88 Å². The number of rotatable bonds is 8. The Hall–Kier alpha value is -4.51. The summed E-state index contributed by atoms with van der Waals surface area (Å²) in [5, 5.41) is 4.42. The Labute approximate surface area is 255 Å². The maximum Gasteiger partial charge on any atom is 0.254 e. The summed E-state index contributed by atoms with van der Waals surface area (Å²) in [4.78, 5) is 34.6. The maximum atomic E-state index is 13.7. The molecule has 44 heavy (non-hydrogen) atoms. The maximum absolute atomic E-state index is 13.7. The van der Waals surface area contributed by atoms with Gasteiger partial charge >= 0.3 is 0 Å². The molecule has 11 nitrogen and oxygen atoms in total. The zero-order valence-corrected chi connectivity index (χ0v) is 25.3. The molecule has 0 aromatic carbocycles. The van der Waals surface area contributed by atoms with Crippen molar-refractivity contribution in [3.63, 3.8) is 0 Å². The van der Waals surface area contributed by atoms with Gasteiger partial charge in [-0.1, -0.05) is 0 Å². The van der Waals surface area contributed by atoms with E-state index in [4.69, 9.17) is 20.4 Å². The molecule has 5 aromatic rings. The summed E-state index contributed by atoms with van der Waals surface area (Å²) in [6.45, 7) is 5.73. The minimum atomic E-state index is -0.0768. The number of hydrogen-bond donors (Lipinski definition) is 2. The minimum absolute atomic E-state index is 0.00105. The van der Waals surface area contributed by atoms with Gasteiger partial charge in [-0.05, 0) is 81.7 Å². The number of pyridine rings is 2. The van der Waals surface area contributed by atoms with Gasteiger partial charge < -0.3 is 25.3 Å². The van der Waals surface area contributed by atoms with E-state index in [1.54, 1.807) is 25.6 Å². The Bertz CT molecular complexity index is 1890. The first-order chi connectivity index (χ1) is 21.4. The van der Waals surface area contributed by atoms with Crippen molar-refractivity contribution in [2.24, 2.45) is 17.6 Å². The van der Waals surface area contributed by atoms with Crippen molar-refractivity contribution in [3.8, 4) is 17.3 Å². The average Bonchev–Trinajstić information content (AvgIpc) is 3.44. The number of aryl methyl sites for hydroxylation is 1. The number of imidazole rings is 1. The van der Waals surface area contributed by atoms with E-state index >= 15 is 0 Å². The summed E-state index contributed by atoms with van der Waals surface area (Å²) in [5.41, 5.74) is 12.4. The highest BCUT2D eigenvalue weighted by atomic mass is 16.5. The van der Waals surface area contributed by atoms with E-state index in [9.17, 15) is 4.79 Å². The van der Waals surface area contributed by atoms with Crippen LogP contribution in [-0.4, -0.2) is 65.4 Å². The molecule has 0 spiro atoms. The van der Waals surface area contributed by atoms with Crippen LogP contribution in [0.2, 0.25) is 0 Å². The van der Waals surface area contributed by atoms with Crippen LogP contribution in [0.25, 0.3) is 28.1 Å². The third kappa shape index (κ3) is 4.40. The second-order valence-corrected chi connectivity index (χ2v) is 12.6. The normalized spacial score (nSPS) is 21.8. The largest absolute Gasteiger partial charge is 0.482 e. The minimum Gasteiger partial charge on any atom is -0.482 e. The predicted octanol–water partition coefficient (Wildman–Crippen LogP) is 4.60. The van der Waals surface area contributed by atoms with Gasteiger partial charge in [-0.2, -0.15) is 0 Å². The molecule has 226 valence electrons. The summed E-state index contributed by atoms with van der Waals surface area (Å²) in [5.74, 6) is 2.18. The highest BCUT2D eigenvalue weighted by molar-refractivity contribution is 5.96. The molecule has 1 saturated heterocycles. The number of fused-ring (bicyclic) bond motifs is 4. The van der Waals surface area contributed by atoms with Gasteiger partial charge in [0.2, 0.25) is 5.95 Å². The average molecular weight is 592 g/mol. The third-order valence-corrected chi connectivity index (χ3v) is 9.79. The van der Waals surface area contributed by atoms with Crippen LogP contribution in [0.15, 0.2) is 48.8 Å². The zero-order chi connectivity index (χ0) is 30.1. The number of nitrogens with two attached hydrogens (primary N) is 1. The molecule has 1 aliphatic heterocycles. The van der Waals surface area contributed by atoms with Gasteiger partial charge in [-0.3, -0.25) is 9.20 Å². The molecular formula is C33H37N9O2. The van der Waals surface area contributed by atoms with E-state index in [-0.39, 0.29) is 24.0 Å². The van der Waals surface area contributed by atoms with E-state index in [1.807, 2.05) is 21.4 Å². The van der Waals surface area contributed by atoms with E-state index in [0.717, 1.165) is 59.7 Å². The van der Waals surface area contributed by atoms with Gasteiger partial charge in [0.1, 0.15) is 17.0 Å². The Balaban J connectivity index is 1.19. The molecular weight excluding hydrogens is 554 g/mol. The van der Waals surface area contributed by atoms with Crippen LogP contribution in [0.3, 0.4) is 0 Å². The number of ether oxygens (including phenoxy) is 1. The van der Waals surface area contributed by atoms with E-state index < -0.39 is 0 Å². The zero-order valence-electron chi connectivity index (χ0n) is 25.3. The highest BCUT2D eigenvalue weighted by Gasteiger charge is 2.47. The van der Waals surface area contributed by atoms with Crippen LogP contribution < -0.4 is 15.8 Å². The lowest BCUT2D eigenvalue weighted by Gasteiger charge is -2.27. The lowest BCUT2D eigenvalue weighted by atomic mass is 10.1. The van der Waals surface area contributed by atoms with Gasteiger partial charge in [-0.25, -0.2) is 19.9 Å². The van der Waals surface area contributed by atoms with Gasteiger partial charge in [0.05, 0.1) is 30.2 Å². The van der Waals surface area contributed by atoms with Crippen molar-refractivity contribution in [2.75, 3.05) is 19.0 Å². The fraction of sp³-hybridized carbons (Fsp3) is 0.424. The van der Waals surface area contributed by atoms with Crippen LogP contribution in [0.1, 0.15) is 60.4 Å². The van der Waals surface area contributed by atoms with E-state index in [1.165, 1.54) is 12.8 Å².